The van der Waals surface area contributed by atoms with Crippen molar-refractivity contribution in [2.24, 2.45) is 0 Å². The summed E-state index contributed by atoms with van der Waals surface area (Å²) in [4.78, 5) is 55.4. The van der Waals surface area contributed by atoms with Gasteiger partial charge in [0.2, 0.25) is 5.91 Å². The number of carboxylic acid groups (broad SMARTS) is 2. The number of aromatic nitrogens is 2. The number of nitrogens with one attached hydrogen (secondary N) is 4. The second-order valence-electron chi connectivity index (χ2n) is 12.3. The fourth-order valence-corrected chi connectivity index (χ4v) is 7.76. The minimum absolute atomic E-state index is 0.0110. The van der Waals surface area contributed by atoms with Gasteiger partial charge >= 0.3 is 11.9 Å². The van der Waals surface area contributed by atoms with Gasteiger partial charge in [0, 0.05) is 60.5 Å². The van der Waals surface area contributed by atoms with Crippen LogP contribution in [0.2, 0.25) is 0 Å². The molecule has 2 aromatic rings. The second-order valence-corrected chi connectivity index (χ2v) is 13.6. The molecule has 0 aromatic carbocycles. The SMILES string of the molecule is CCC1=C(C)C(=O)N[C@H]1Cc1[nH]c(Cc2[nH]c(C[C@H]3NC(=O)C([C@H]4C[SH+]4)=C3C)c(C)c2CCC(=O)O)c(CCC(=O)O)c1C. The van der Waals surface area contributed by atoms with Crippen molar-refractivity contribution in [3.05, 3.63) is 67.3 Å². The number of hydrogen-bond acceptors (Lipinski definition) is 4. The van der Waals surface area contributed by atoms with Gasteiger partial charge in [0.25, 0.3) is 5.91 Å². The molecule has 11 heteroatoms. The highest BCUT2D eigenvalue weighted by Gasteiger charge is 2.47. The number of carbonyl (C=O) groups is 4. The third kappa shape index (κ3) is 6.38. The Kier molecular flexibility index (Phi) is 9.15. The van der Waals surface area contributed by atoms with Crippen LogP contribution in [0.3, 0.4) is 0 Å². The molecular weight excluding hydrogens is 580 g/mol. The van der Waals surface area contributed by atoms with Crippen molar-refractivity contribution in [2.75, 3.05) is 5.75 Å². The first-order valence-corrected chi connectivity index (χ1v) is 16.5. The van der Waals surface area contributed by atoms with Gasteiger partial charge in [0.1, 0.15) is 0 Å². The molecule has 2 aromatic heterocycles. The van der Waals surface area contributed by atoms with E-state index in [1.54, 1.807) is 0 Å². The minimum atomic E-state index is -0.875. The van der Waals surface area contributed by atoms with Gasteiger partial charge in [-0.25, -0.2) is 0 Å². The molecule has 3 atom stereocenters. The van der Waals surface area contributed by atoms with Gasteiger partial charge in [-0.2, -0.15) is 0 Å². The van der Waals surface area contributed by atoms with Crippen molar-refractivity contribution < 1.29 is 29.4 Å². The quantitative estimate of drug-likeness (QED) is 0.108. The summed E-state index contributed by atoms with van der Waals surface area (Å²) in [6.07, 6.45) is 3.08. The van der Waals surface area contributed by atoms with Crippen LogP contribution in [-0.4, -0.2) is 67.0 Å². The van der Waals surface area contributed by atoms with Crippen molar-refractivity contribution in [1.29, 1.82) is 0 Å². The zero-order valence-electron chi connectivity index (χ0n) is 26.1. The molecule has 10 nitrogen and oxygen atoms in total. The molecule has 1 fully saturated rings. The van der Waals surface area contributed by atoms with E-state index in [0.717, 1.165) is 79.5 Å². The smallest absolute Gasteiger partial charge is 0.303 e. The van der Waals surface area contributed by atoms with Gasteiger partial charge in [-0.05, 0) is 92.1 Å². The number of carbonyl (C=O) groups excluding carboxylic acids is 2. The average molecular weight is 624 g/mol. The Balaban J connectivity index is 1.47. The first kappa shape index (κ1) is 31.7. The topological polar surface area (TPSA) is 164 Å². The van der Waals surface area contributed by atoms with Crippen LogP contribution in [0, 0.1) is 13.8 Å². The van der Waals surface area contributed by atoms with Gasteiger partial charge < -0.3 is 30.8 Å². The van der Waals surface area contributed by atoms with E-state index in [4.69, 9.17) is 0 Å². The van der Waals surface area contributed by atoms with Crippen molar-refractivity contribution >= 4 is 35.5 Å². The van der Waals surface area contributed by atoms with Crippen molar-refractivity contribution in [3.8, 4) is 0 Å². The first-order valence-electron chi connectivity index (χ1n) is 15.4. The summed E-state index contributed by atoms with van der Waals surface area (Å²) in [5.74, 6) is -0.748. The predicted octanol–water partition coefficient (Wildman–Crippen LogP) is 2.91. The Hall–Kier alpha value is -3.73. The summed E-state index contributed by atoms with van der Waals surface area (Å²) in [7, 11) is 0. The molecule has 2 amide bonds. The van der Waals surface area contributed by atoms with Crippen molar-refractivity contribution in [3.63, 3.8) is 0 Å². The molecule has 0 unspecified atom stereocenters. The van der Waals surface area contributed by atoms with E-state index in [9.17, 15) is 29.4 Å². The van der Waals surface area contributed by atoms with E-state index in [-0.39, 0.29) is 36.7 Å². The number of aromatic amines is 2. The van der Waals surface area contributed by atoms with Gasteiger partial charge in [0.05, 0.1) is 17.7 Å². The lowest BCUT2D eigenvalue weighted by Gasteiger charge is -2.14. The summed E-state index contributed by atoms with van der Waals surface area (Å²) in [5.41, 5.74) is 11.5. The molecule has 0 aliphatic carbocycles. The normalized spacial score (nSPS) is 21.3. The van der Waals surface area contributed by atoms with Gasteiger partial charge in [0.15, 0.2) is 11.0 Å². The summed E-state index contributed by atoms with van der Waals surface area (Å²) in [6.45, 7) is 9.92. The Morgan fingerprint density at radius 1 is 0.795 bits per heavy atom. The maximum atomic E-state index is 12.7. The minimum Gasteiger partial charge on any atom is -0.481 e. The van der Waals surface area contributed by atoms with Crippen LogP contribution < -0.4 is 10.6 Å². The number of thiol groups is 1. The van der Waals surface area contributed by atoms with E-state index in [1.165, 1.54) is 11.8 Å². The highest BCUT2D eigenvalue weighted by Crippen LogP contribution is 2.33. The molecule has 5 heterocycles. The second kappa shape index (κ2) is 12.7. The summed E-state index contributed by atoms with van der Waals surface area (Å²) >= 11 is 1.30. The molecule has 1 saturated heterocycles. The van der Waals surface area contributed by atoms with Crippen molar-refractivity contribution in [1.82, 2.24) is 20.6 Å². The third-order valence-electron chi connectivity index (χ3n) is 9.62. The van der Waals surface area contributed by atoms with Crippen LogP contribution in [0.25, 0.3) is 0 Å². The molecule has 5 rings (SSSR count). The fraction of sp³-hybridized carbons (Fsp3) is 0.515. The van der Waals surface area contributed by atoms with E-state index in [1.807, 2.05) is 34.6 Å². The summed E-state index contributed by atoms with van der Waals surface area (Å²) in [6, 6.07) is -0.226. The lowest BCUT2D eigenvalue weighted by atomic mass is 9.95. The Morgan fingerprint density at radius 3 is 1.77 bits per heavy atom. The zero-order valence-corrected chi connectivity index (χ0v) is 27.0. The van der Waals surface area contributed by atoms with Crippen LogP contribution in [0.1, 0.15) is 85.1 Å². The number of amides is 2. The molecule has 6 N–H and O–H groups in total. The van der Waals surface area contributed by atoms with Crippen LogP contribution in [0.15, 0.2) is 22.3 Å². The summed E-state index contributed by atoms with van der Waals surface area (Å²) in [5, 5.41) is 25.6. The molecule has 0 spiro atoms. The van der Waals surface area contributed by atoms with Crippen LogP contribution >= 0.6 is 0 Å². The van der Waals surface area contributed by atoms with E-state index < -0.39 is 11.9 Å². The lowest BCUT2D eigenvalue weighted by Crippen LogP contribution is -2.31. The Morgan fingerprint density at radius 2 is 1.30 bits per heavy atom. The van der Waals surface area contributed by atoms with Gasteiger partial charge in [-0.1, -0.05) is 6.92 Å². The van der Waals surface area contributed by atoms with E-state index in [0.29, 0.717) is 37.4 Å². The number of H-pyrrole nitrogens is 2. The number of carboxylic acids is 2. The standard InChI is InChI=1S/C33H42N4O6S/c1-6-19-17(4)32(42)37-25(19)12-23-16(3)21(8-10-30(40)41)27(35-23)13-26-20(7-9-29(38)39)15(2)22(34-26)11-24-18(5)31(28-14-44-28)33(43)36-24/h24-25,28,34-35H,6-14H2,1-5H3,(H,36,43)(H,37,42)(H,38,39)(H,40,41)/p+1/t24-,25+,28-/m1/s1. The van der Waals surface area contributed by atoms with Crippen LogP contribution in [0.5, 0.6) is 0 Å². The van der Waals surface area contributed by atoms with Gasteiger partial charge in [-0.3, -0.25) is 19.2 Å². The van der Waals surface area contributed by atoms with E-state index in [2.05, 4.69) is 20.6 Å². The largest absolute Gasteiger partial charge is 0.481 e. The van der Waals surface area contributed by atoms with Crippen molar-refractivity contribution in [2.45, 2.75) is 103 Å². The first-order chi connectivity index (χ1) is 20.9. The lowest BCUT2D eigenvalue weighted by molar-refractivity contribution is -0.138. The summed E-state index contributed by atoms with van der Waals surface area (Å²) < 4.78 is 0. The van der Waals surface area contributed by atoms with Crippen LogP contribution in [0.4, 0.5) is 0 Å². The highest BCUT2D eigenvalue weighted by atomic mass is 32.2. The van der Waals surface area contributed by atoms with E-state index >= 15 is 0 Å². The van der Waals surface area contributed by atoms with Gasteiger partial charge in [-0.15, -0.1) is 0 Å². The molecule has 0 radical (unpaired) electrons. The third-order valence-corrected chi connectivity index (χ3v) is 10.6. The highest BCUT2D eigenvalue weighted by molar-refractivity contribution is 7.87. The Bertz CT molecular complexity index is 1590. The maximum absolute atomic E-state index is 12.7. The number of rotatable bonds is 14. The number of hydrogen-bond donors (Lipinski definition) is 6. The monoisotopic (exact) mass is 623 g/mol. The predicted molar refractivity (Wildman–Crippen MR) is 170 cm³/mol. The fourth-order valence-electron chi connectivity index (χ4n) is 6.97. The molecule has 3 aliphatic rings. The molecule has 3 aliphatic heterocycles. The zero-order chi connectivity index (χ0) is 31.9. The molecular formula is C33H43N4O6S+. The maximum Gasteiger partial charge on any atom is 0.303 e. The molecule has 0 bridgehead atoms. The number of aliphatic carboxylic acids is 2. The molecule has 0 saturated carbocycles. The molecule has 236 valence electrons. The average Bonchev–Trinajstić information content (AvgIpc) is 3.53. The Labute approximate surface area is 261 Å². The van der Waals surface area contributed by atoms with Crippen LogP contribution in [-0.2, 0) is 63.0 Å². The molecule has 44 heavy (non-hydrogen) atoms.